The first-order valence-corrected chi connectivity index (χ1v) is 7.18. The van der Waals surface area contributed by atoms with E-state index in [1.54, 1.807) is 0 Å². The van der Waals surface area contributed by atoms with Gasteiger partial charge >= 0.3 is 0 Å². The van der Waals surface area contributed by atoms with Crippen LogP contribution >= 0.6 is 0 Å². The van der Waals surface area contributed by atoms with Crippen molar-refractivity contribution in [1.29, 1.82) is 0 Å². The lowest BCUT2D eigenvalue weighted by molar-refractivity contribution is 0.661. The van der Waals surface area contributed by atoms with Gasteiger partial charge < -0.3 is 16.0 Å². The fourth-order valence-electron chi connectivity index (χ4n) is 2.31. The molecule has 0 aliphatic carbocycles. The first-order chi connectivity index (χ1) is 9.58. The highest BCUT2D eigenvalue weighted by Gasteiger charge is 2.07. The zero-order chi connectivity index (χ0) is 14.5. The molecule has 0 bridgehead atoms. The summed E-state index contributed by atoms with van der Waals surface area (Å²) < 4.78 is 0. The maximum atomic E-state index is 5.84. The predicted octanol–water partition coefficient (Wildman–Crippen LogP) is 2.58. The number of H-pyrrole nitrogens is 1. The third kappa shape index (κ3) is 3.53. The molecule has 0 amide bonds. The second-order valence-corrected chi connectivity index (χ2v) is 5.57. The molecule has 1 aromatic carbocycles. The molecule has 4 N–H and O–H groups in total. The molecule has 0 aliphatic heterocycles. The number of aromatic nitrogens is 1. The number of benzene rings is 1. The SMILES string of the molecule is Cc1[nH]c2ccccc2c1CCNC(N)=NCC(C)C. The summed E-state index contributed by atoms with van der Waals surface area (Å²) in [7, 11) is 0. The third-order valence-corrected chi connectivity index (χ3v) is 3.33. The molecule has 0 saturated carbocycles. The van der Waals surface area contributed by atoms with Crippen LogP contribution in [0, 0.1) is 12.8 Å². The van der Waals surface area contributed by atoms with Crippen molar-refractivity contribution in [2.75, 3.05) is 13.1 Å². The van der Waals surface area contributed by atoms with Gasteiger partial charge in [0.2, 0.25) is 0 Å². The van der Waals surface area contributed by atoms with Crippen LogP contribution in [0.3, 0.4) is 0 Å². The molecule has 0 aliphatic rings. The number of nitrogens with two attached hydrogens (primary N) is 1. The number of hydrogen-bond donors (Lipinski definition) is 3. The highest BCUT2D eigenvalue weighted by Crippen LogP contribution is 2.21. The van der Waals surface area contributed by atoms with Gasteiger partial charge in [0.15, 0.2) is 5.96 Å². The lowest BCUT2D eigenvalue weighted by atomic mass is 10.1. The van der Waals surface area contributed by atoms with E-state index in [4.69, 9.17) is 5.73 Å². The van der Waals surface area contributed by atoms with Crippen LogP contribution in [0.2, 0.25) is 0 Å². The Kier molecular flexibility index (Phi) is 4.66. The summed E-state index contributed by atoms with van der Waals surface area (Å²) >= 11 is 0. The van der Waals surface area contributed by atoms with Crippen LogP contribution in [0.1, 0.15) is 25.1 Å². The maximum absolute atomic E-state index is 5.84. The monoisotopic (exact) mass is 272 g/mol. The van der Waals surface area contributed by atoms with E-state index >= 15 is 0 Å². The van der Waals surface area contributed by atoms with Crippen molar-refractivity contribution in [2.24, 2.45) is 16.6 Å². The first kappa shape index (κ1) is 14.4. The van der Waals surface area contributed by atoms with Gasteiger partial charge in [0.05, 0.1) is 0 Å². The van der Waals surface area contributed by atoms with Gasteiger partial charge in [-0.3, -0.25) is 4.99 Å². The number of guanidine groups is 1. The van der Waals surface area contributed by atoms with E-state index < -0.39 is 0 Å². The molecule has 2 aromatic rings. The number of rotatable bonds is 5. The Bertz CT molecular complexity index is 596. The van der Waals surface area contributed by atoms with Gasteiger partial charge in [0.25, 0.3) is 0 Å². The molecule has 0 unspecified atom stereocenters. The van der Waals surface area contributed by atoms with E-state index in [-0.39, 0.29) is 0 Å². The Labute approximate surface area is 120 Å². The molecule has 1 aromatic heterocycles. The van der Waals surface area contributed by atoms with Gasteiger partial charge in [0.1, 0.15) is 0 Å². The molecule has 4 nitrogen and oxygen atoms in total. The summed E-state index contributed by atoms with van der Waals surface area (Å²) in [5, 5.41) is 4.48. The van der Waals surface area contributed by atoms with E-state index in [2.05, 4.69) is 60.3 Å². The van der Waals surface area contributed by atoms with Crippen LogP contribution in [0.4, 0.5) is 0 Å². The summed E-state index contributed by atoms with van der Waals surface area (Å²) in [6.45, 7) is 7.95. The highest BCUT2D eigenvalue weighted by molar-refractivity contribution is 5.84. The largest absolute Gasteiger partial charge is 0.370 e. The number of aryl methyl sites for hydroxylation is 1. The number of nitrogens with zero attached hydrogens (tertiary/aromatic N) is 1. The average molecular weight is 272 g/mol. The highest BCUT2D eigenvalue weighted by atomic mass is 15.1. The van der Waals surface area contributed by atoms with E-state index in [0.29, 0.717) is 11.9 Å². The van der Waals surface area contributed by atoms with Crippen LogP contribution < -0.4 is 11.1 Å². The topological polar surface area (TPSA) is 66.2 Å². The fourth-order valence-corrected chi connectivity index (χ4v) is 2.31. The molecule has 0 spiro atoms. The predicted molar refractivity (Wildman–Crippen MR) is 86.1 cm³/mol. The molecule has 4 heteroatoms. The molecule has 0 radical (unpaired) electrons. The molecule has 0 saturated heterocycles. The molecule has 2 rings (SSSR count). The number of nitrogens with one attached hydrogen (secondary N) is 2. The van der Waals surface area contributed by atoms with Crippen LogP contribution in [0.25, 0.3) is 10.9 Å². The zero-order valence-corrected chi connectivity index (χ0v) is 12.5. The van der Waals surface area contributed by atoms with Crippen molar-refractivity contribution in [1.82, 2.24) is 10.3 Å². The van der Waals surface area contributed by atoms with Crippen molar-refractivity contribution in [3.05, 3.63) is 35.5 Å². The fraction of sp³-hybridized carbons (Fsp3) is 0.438. The molecular weight excluding hydrogens is 248 g/mol. The van der Waals surface area contributed by atoms with Crippen LogP contribution in [-0.2, 0) is 6.42 Å². The second kappa shape index (κ2) is 6.46. The Balaban J connectivity index is 1.96. The van der Waals surface area contributed by atoms with Gasteiger partial charge in [-0.1, -0.05) is 32.0 Å². The summed E-state index contributed by atoms with van der Waals surface area (Å²) in [6.07, 6.45) is 0.938. The summed E-state index contributed by atoms with van der Waals surface area (Å²) in [5.41, 5.74) is 9.62. The summed E-state index contributed by atoms with van der Waals surface area (Å²) in [6, 6.07) is 8.39. The van der Waals surface area contributed by atoms with Crippen molar-refractivity contribution in [3.63, 3.8) is 0 Å². The van der Waals surface area contributed by atoms with Gasteiger partial charge in [-0.15, -0.1) is 0 Å². The molecule has 0 atom stereocenters. The van der Waals surface area contributed by atoms with Crippen molar-refractivity contribution >= 4 is 16.9 Å². The smallest absolute Gasteiger partial charge is 0.188 e. The van der Waals surface area contributed by atoms with Gasteiger partial charge in [0, 0.05) is 29.7 Å². The maximum Gasteiger partial charge on any atom is 0.188 e. The van der Waals surface area contributed by atoms with Crippen LogP contribution in [0.15, 0.2) is 29.3 Å². The lowest BCUT2D eigenvalue weighted by Crippen LogP contribution is -2.33. The van der Waals surface area contributed by atoms with Crippen LogP contribution in [-0.4, -0.2) is 24.0 Å². The summed E-state index contributed by atoms with van der Waals surface area (Å²) in [5.74, 6) is 1.07. The Morgan fingerprint density at radius 3 is 2.85 bits per heavy atom. The Hall–Kier alpha value is -1.97. The van der Waals surface area contributed by atoms with Crippen LogP contribution in [0.5, 0.6) is 0 Å². The summed E-state index contributed by atoms with van der Waals surface area (Å²) in [4.78, 5) is 7.72. The van der Waals surface area contributed by atoms with Crippen molar-refractivity contribution in [3.8, 4) is 0 Å². The first-order valence-electron chi connectivity index (χ1n) is 7.18. The van der Waals surface area contributed by atoms with E-state index in [9.17, 15) is 0 Å². The number of aliphatic imine (C=N–C) groups is 1. The minimum atomic E-state index is 0.534. The number of hydrogen-bond acceptors (Lipinski definition) is 1. The Morgan fingerprint density at radius 1 is 1.35 bits per heavy atom. The minimum Gasteiger partial charge on any atom is -0.370 e. The Morgan fingerprint density at radius 2 is 2.10 bits per heavy atom. The average Bonchev–Trinajstić information content (AvgIpc) is 2.73. The van der Waals surface area contributed by atoms with Crippen molar-refractivity contribution in [2.45, 2.75) is 27.2 Å². The second-order valence-electron chi connectivity index (χ2n) is 5.57. The van der Waals surface area contributed by atoms with E-state index in [0.717, 1.165) is 19.5 Å². The zero-order valence-electron chi connectivity index (χ0n) is 12.5. The molecule has 20 heavy (non-hydrogen) atoms. The minimum absolute atomic E-state index is 0.534. The lowest BCUT2D eigenvalue weighted by Gasteiger charge is -2.07. The van der Waals surface area contributed by atoms with E-state index in [1.807, 2.05) is 0 Å². The van der Waals surface area contributed by atoms with E-state index in [1.165, 1.54) is 22.2 Å². The number of para-hydroxylation sites is 1. The number of fused-ring (bicyclic) bond motifs is 1. The standard InChI is InChI=1S/C16H24N4/c1-11(2)10-19-16(17)18-9-8-13-12(3)20-15-7-5-4-6-14(13)15/h4-7,11,20H,8-10H2,1-3H3,(H3,17,18,19). The normalized spacial score (nSPS) is 12.3. The third-order valence-electron chi connectivity index (χ3n) is 3.33. The molecule has 0 fully saturated rings. The van der Waals surface area contributed by atoms with Gasteiger partial charge in [-0.2, -0.15) is 0 Å². The van der Waals surface area contributed by atoms with Crippen molar-refractivity contribution < 1.29 is 0 Å². The molecule has 108 valence electrons. The van der Waals surface area contributed by atoms with Gasteiger partial charge in [-0.25, -0.2) is 0 Å². The molecule has 1 heterocycles. The number of aromatic amines is 1. The van der Waals surface area contributed by atoms with Gasteiger partial charge in [-0.05, 0) is 30.9 Å². The quantitative estimate of drug-likeness (QED) is 0.578. The molecular formula is C16H24N4.